The summed E-state index contributed by atoms with van der Waals surface area (Å²) in [4.78, 5) is 16.0. The van der Waals surface area contributed by atoms with Crippen molar-refractivity contribution in [2.45, 2.75) is 6.54 Å². The average Bonchev–Trinajstić information content (AvgIpc) is 2.80. The summed E-state index contributed by atoms with van der Waals surface area (Å²) >= 11 is 10.6. The van der Waals surface area contributed by atoms with E-state index in [1.165, 1.54) is 0 Å². The van der Waals surface area contributed by atoms with Crippen LogP contribution < -0.4 is 11.1 Å². The number of anilines is 1. The Morgan fingerprint density at radius 3 is 2.74 bits per heavy atom. The minimum Gasteiger partial charge on any atom is -0.387 e. The highest BCUT2D eigenvalue weighted by molar-refractivity contribution is 7.80. The molecule has 1 aromatic heterocycles. The molecule has 5 nitrogen and oxygen atoms in total. The second-order valence-electron chi connectivity index (χ2n) is 3.80. The third-order valence-corrected chi connectivity index (χ3v) is 2.81. The first-order valence-electron chi connectivity index (χ1n) is 5.42. The number of imidazole rings is 1. The van der Waals surface area contributed by atoms with Gasteiger partial charge < -0.3 is 15.6 Å². The summed E-state index contributed by atoms with van der Waals surface area (Å²) < 4.78 is 1.59. The molecule has 1 heterocycles. The number of nitrogens with zero attached hydrogens (tertiary/aromatic N) is 2. The number of nitrogens with two attached hydrogens (primary N) is 1. The fourth-order valence-corrected chi connectivity index (χ4v) is 1.85. The van der Waals surface area contributed by atoms with Crippen molar-refractivity contribution in [2.24, 2.45) is 5.73 Å². The summed E-state index contributed by atoms with van der Waals surface area (Å²) in [5.74, 6) is 0.221. The first-order chi connectivity index (χ1) is 9.06. The second kappa shape index (κ2) is 5.81. The van der Waals surface area contributed by atoms with Crippen LogP contribution in [0.4, 0.5) is 5.69 Å². The third-order valence-electron chi connectivity index (χ3n) is 2.38. The topological polar surface area (TPSA) is 72.9 Å². The van der Waals surface area contributed by atoms with Gasteiger partial charge in [0.25, 0.3) is 0 Å². The van der Waals surface area contributed by atoms with E-state index in [-0.39, 0.29) is 17.4 Å². The lowest BCUT2D eigenvalue weighted by Crippen LogP contribution is -2.23. The van der Waals surface area contributed by atoms with Gasteiger partial charge in [-0.1, -0.05) is 23.8 Å². The van der Waals surface area contributed by atoms with Crippen LogP contribution in [-0.4, -0.2) is 20.4 Å². The van der Waals surface area contributed by atoms with Gasteiger partial charge in [0.15, 0.2) is 5.82 Å². The van der Waals surface area contributed by atoms with E-state index in [2.05, 4.69) is 10.3 Å². The molecule has 0 aliphatic carbocycles. The number of thiocarbonyl (C=S) groups is 1. The van der Waals surface area contributed by atoms with Gasteiger partial charge in [0.05, 0.1) is 0 Å². The number of rotatable bonds is 4. The zero-order valence-corrected chi connectivity index (χ0v) is 11.4. The van der Waals surface area contributed by atoms with Gasteiger partial charge in [-0.15, -0.1) is 0 Å². The molecule has 7 heteroatoms. The molecular formula is C12H11ClN4OS. The highest BCUT2D eigenvalue weighted by atomic mass is 35.5. The van der Waals surface area contributed by atoms with Crippen molar-refractivity contribution in [2.75, 3.05) is 5.32 Å². The standard InChI is InChI=1S/C12H11ClN4OS/c13-8-1-3-9(4-2-8)16-10(18)7-17-6-5-15-12(17)11(14)19/h1-6H,7H2,(H2,14,19)(H,16,18). The number of carbonyl (C=O) groups excluding carboxylic acids is 1. The Labute approximate surface area is 120 Å². The van der Waals surface area contributed by atoms with Crippen LogP contribution in [0.1, 0.15) is 5.82 Å². The summed E-state index contributed by atoms with van der Waals surface area (Å²) in [5, 5.41) is 3.36. The molecule has 0 bridgehead atoms. The van der Waals surface area contributed by atoms with Gasteiger partial charge in [-0.3, -0.25) is 4.79 Å². The van der Waals surface area contributed by atoms with Crippen LogP contribution in [0.25, 0.3) is 0 Å². The van der Waals surface area contributed by atoms with Crippen molar-refractivity contribution in [3.05, 3.63) is 47.5 Å². The number of benzene rings is 1. The van der Waals surface area contributed by atoms with Crippen LogP contribution in [0, 0.1) is 0 Å². The fraction of sp³-hybridized carbons (Fsp3) is 0.0833. The number of aromatic nitrogens is 2. The zero-order chi connectivity index (χ0) is 13.8. The van der Waals surface area contributed by atoms with E-state index >= 15 is 0 Å². The van der Waals surface area contributed by atoms with Crippen LogP contribution >= 0.6 is 23.8 Å². The van der Waals surface area contributed by atoms with E-state index in [0.717, 1.165) is 0 Å². The summed E-state index contributed by atoms with van der Waals surface area (Å²) in [7, 11) is 0. The predicted molar refractivity (Wildman–Crippen MR) is 78.2 cm³/mol. The van der Waals surface area contributed by atoms with Crippen LogP contribution in [0.2, 0.25) is 5.02 Å². The SMILES string of the molecule is NC(=S)c1nccn1CC(=O)Nc1ccc(Cl)cc1. The van der Waals surface area contributed by atoms with E-state index in [0.29, 0.717) is 16.5 Å². The van der Waals surface area contributed by atoms with Crippen LogP contribution in [0.15, 0.2) is 36.7 Å². The van der Waals surface area contributed by atoms with Crippen LogP contribution in [-0.2, 0) is 11.3 Å². The third kappa shape index (κ3) is 3.52. The number of nitrogens with one attached hydrogen (secondary N) is 1. The van der Waals surface area contributed by atoms with Crippen molar-refractivity contribution in [1.82, 2.24) is 9.55 Å². The molecule has 0 aliphatic heterocycles. The molecule has 19 heavy (non-hydrogen) atoms. The quantitative estimate of drug-likeness (QED) is 0.844. The van der Waals surface area contributed by atoms with Crippen molar-refractivity contribution in [3.8, 4) is 0 Å². The Morgan fingerprint density at radius 1 is 1.42 bits per heavy atom. The Kier molecular flexibility index (Phi) is 4.13. The maximum absolute atomic E-state index is 11.9. The van der Waals surface area contributed by atoms with Gasteiger partial charge in [0.2, 0.25) is 5.91 Å². The number of carbonyl (C=O) groups is 1. The molecule has 0 spiro atoms. The number of hydrogen-bond acceptors (Lipinski definition) is 3. The van der Waals surface area contributed by atoms with Crippen molar-refractivity contribution in [1.29, 1.82) is 0 Å². The second-order valence-corrected chi connectivity index (χ2v) is 4.67. The monoisotopic (exact) mass is 294 g/mol. The largest absolute Gasteiger partial charge is 0.387 e. The summed E-state index contributed by atoms with van der Waals surface area (Å²) in [6.07, 6.45) is 3.19. The van der Waals surface area contributed by atoms with Gasteiger partial charge in [0.1, 0.15) is 11.5 Å². The Morgan fingerprint density at radius 2 is 2.11 bits per heavy atom. The molecule has 0 unspecified atom stereocenters. The predicted octanol–water partition coefficient (Wildman–Crippen LogP) is 1.81. The van der Waals surface area contributed by atoms with Gasteiger partial charge in [-0.2, -0.15) is 0 Å². The molecule has 0 atom stereocenters. The minimum absolute atomic E-state index is 0.0926. The first kappa shape index (κ1) is 13.5. The minimum atomic E-state index is -0.196. The Balaban J connectivity index is 2.03. The van der Waals surface area contributed by atoms with E-state index in [9.17, 15) is 4.79 Å². The molecule has 1 amide bonds. The van der Waals surface area contributed by atoms with Gasteiger partial charge in [-0.25, -0.2) is 4.98 Å². The normalized spacial score (nSPS) is 10.2. The number of hydrogen-bond donors (Lipinski definition) is 2. The summed E-state index contributed by atoms with van der Waals surface area (Å²) in [6, 6.07) is 6.86. The first-order valence-corrected chi connectivity index (χ1v) is 6.21. The molecular weight excluding hydrogens is 284 g/mol. The number of amides is 1. The van der Waals surface area contributed by atoms with E-state index in [1.807, 2.05) is 0 Å². The van der Waals surface area contributed by atoms with E-state index in [1.54, 1.807) is 41.2 Å². The van der Waals surface area contributed by atoms with Gasteiger partial charge in [-0.05, 0) is 24.3 Å². The van der Waals surface area contributed by atoms with Crippen molar-refractivity contribution in [3.63, 3.8) is 0 Å². The fourth-order valence-electron chi connectivity index (χ4n) is 1.55. The molecule has 0 saturated carbocycles. The lowest BCUT2D eigenvalue weighted by atomic mass is 10.3. The van der Waals surface area contributed by atoms with Crippen molar-refractivity contribution < 1.29 is 4.79 Å². The number of halogens is 1. The highest BCUT2D eigenvalue weighted by Gasteiger charge is 2.09. The van der Waals surface area contributed by atoms with Gasteiger partial charge >= 0.3 is 0 Å². The van der Waals surface area contributed by atoms with E-state index < -0.39 is 0 Å². The van der Waals surface area contributed by atoms with Crippen LogP contribution in [0.5, 0.6) is 0 Å². The molecule has 2 rings (SSSR count). The summed E-state index contributed by atoms with van der Waals surface area (Å²) in [5.41, 5.74) is 6.18. The molecule has 0 fully saturated rings. The average molecular weight is 295 g/mol. The molecule has 0 radical (unpaired) electrons. The maximum atomic E-state index is 11.9. The molecule has 3 N–H and O–H groups in total. The van der Waals surface area contributed by atoms with Gasteiger partial charge in [0, 0.05) is 23.1 Å². The molecule has 0 saturated heterocycles. The van der Waals surface area contributed by atoms with Crippen molar-refractivity contribution >= 4 is 40.4 Å². The van der Waals surface area contributed by atoms with Crippen LogP contribution in [0.3, 0.4) is 0 Å². The lowest BCUT2D eigenvalue weighted by molar-refractivity contribution is -0.116. The maximum Gasteiger partial charge on any atom is 0.244 e. The summed E-state index contributed by atoms with van der Waals surface area (Å²) in [6.45, 7) is 0.0926. The molecule has 0 aliphatic rings. The lowest BCUT2D eigenvalue weighted by Gasteiger charge is -2.08. The Hall–Kier alpha value is -1.92. The van der Waals surface area contributed by atoms with E-state index in [4.69, 9.17) is 29.6 Å². The molecule has 98 valence electrons. The molecule has 2 aromatic rings. The Bertz CT molecular complexity index is 608. The zero-order valence-electron chi connectivity index (χ0n) is 9.84. The molecule has 1 aromatic carbocycles. The smallest absolute Gasteiger partial charge is 0.244 e. The highest BCUT2D eigenvalue weighted by Crippen LogP contribution is 2.13.